The van der Waals surface area contributed by atoms with Gasteiger partial charge in [0, 0.05) is 11.9 Å². The summed E-state index contributed by atoms with van der Waals surface area (Å²) >= 11 is 1.47. The standard InChI is InChI=1S/C8H12N2O2S.2ClH/c1-2-12-8(11)3-6-5-13-7(4-9)10-6;;/h5H,2-4,9H2,1H3;2*1H. The van der Waals surface area contributed by atoms with Crippen LogP contribution < -0.4 is 5.73 Å². The van der Waals surface area contributed by atoms with E-state index in [1.807, 2.05) is 5.38 Å². The zero-order chi connectivity index (χ0) is 9.68. The Morgan fingerprint density at radius 3 is 2.73 bits per heavy atom. The average molecular weight is 273 g/mol. The number of nitrogens with two attached hydrogens (primary N) is 1. The van der Waals surface area contributed by atoms with Crippen LogP contribution in [0.3, 0.4) is 0 Å². The number of esters is 1. The lowest BCUT2D eigenvalue weighted by molar-refractivity contribution is -0.142. The van der Waals surface area contributed by atoms with Gasteiger partial charge >= 0.3 is 5.97 Å². The first-order valence-corrected chi connectivity index (χ1v) is 4.93. The highest BCUT2D eigenvalue weighted by Gasteiger charge is 2.06. The summed E-state index contributed by atoms with van der Waals surface area (Å²) in [6.45, 7) is 2.62. The van der Waals surface area contributed by atoms with Crippen LogP contribution in [0.15, 0.2) is 5.38 Å². The van der Waals surface area contributed by atoms with Crippen molar-refractivity contribution >= 4 is 42.1 Å². The Morgan fingerprint density at radius 2 is 2.27 bits per heavy atom. The van der Waals surface area contributed by atoms with Gasteiger partial charge in [-0.05, 0) is 6.92 Å². The molecule has 0 atom stereocenters. The number of nitrogens with zero attached hydrogens (tertiary/aromatic N) is 1. The van der Waals surface area contributed by atoms with Gasteiger partial charge in [-0.1, -0.05) is 0 Å². The SMILES string of the molecule is CCOC(=O)Cc1csc(CN)n1.Cl.Cl. The minimum Gasteiger partial charge on any atom is -0.466 e. The molecule has 1 rings (SSSR count). The second kappa shape index (κ2) is 8.91. The van der Waals surface area contributed by atoms with Crippen molar-refractivity contribution in [2.45, 2.75) is 19.9 Å². The molecule has 0 aromatic carbocycles. The van der Waals surface area contributed by atoms with Crippen molar-refractivity contribution in [2.24, 2.45) is 5.73 Å². The van der Waals surface area contributed by atoms with E-state index in [4.69, 9.17) is 10.5 Å². The van der Waals surface area contributed by atoms with Crippen molar-refractivity contribution in [3.05, 3.63) is 16.1 Å². The molecule has 0 unspecified atom stereocenters. The lowest BCUT2D eigenvalue weighted by Gasteiger charge is -1.97. The van der Waals surface area contributed by atoms with E-state index >= 15 is 0 Å². The third-order valence-corrected chi connectivity index (χ3v) is 2.32. The molecule has 0 amide bonds. The van der Waals surface area contributed by atoms with Gasteiger partial charge in [0.15, 0.2) is 0 Å². The predicted octanol–water partition coefficient (Wildman–Crippen LogP) is 1.55. The topological polar surface area (TPSA) is 65.2 Å². The predicted molar refractivity (Wildman–Crippen MR) is 64.8 cm³/mol. The summed E-state index contributed by atoms with van der Waals surface area (Å²) in [7, 11) is 0. The normalized spacial score (nSPS) is 8.67. The Kier molecular flexibility index (Phi) is 10.1. The number of hydrogen-bond acceptors (Lipinski definition) is 5. The highest BCUT2D eigenvalue weighted by molar-refractivity contribution is 7.09. The summed E-state index contributed by atoms with van der Waals surface area (Å²) in [6, 6.07) is 0. The van der Waals surface area contributed by atoms with E-state index in [-0.39, 0.29) is 37.2 Å². The van der Waals surface area contributed by atoms with Crippen LogP contribution in [-0.4, -0.2) is 17.6 Å². The van der Waals surface area contributed by atoms with Crippen LogP contribution in [0.1, 0.15) is 17.6 Å². The minimum absolute atomic E-state index is 0. The Morgan fingerprint density at radius 1 is 1.60 bits per heavy atom. The molecule has 0 aliphatic rings. The Hall–Kier alpha value is -0.360. The van der Waals surface area contributed by atoms with Gasteiger partial charge in [-0.25, -0.2) is 4.98 Å². The third kappa shape index (κ3) is 5.94. The Labute approximate surface area is 105 Å². The maximum Gasteiger partial charge on any atom is 0.311 e. The molecule has 0 aliphatic heterocycles. The van der Waals surface area contributed by atoms with Crippen LogP contribution in [0.5, 0.6) is 0 Å². The third-order valence-electron chi connectivity index (χ3n) is 1.40. The molecular weight excluding hydrogens is 259 g/mol. The molecular formula is C8H14Cl2N2O2S. The van der Waals surface area contributed by atoms with E-state index in [1.54, 1.807) is 6.92 Å². The van der Waals surface area contributed by atoms with Crippen molar-refractivity contribution in [1.29, 1.82) is 0 Å². The molecule has 0 saturated heterocycles. The number of carbonyl (C=O) groups is 1. The lowest BCUT2D eigenvalue weighted by atomic mass is 10.3. The van der Waals surface area contributed by atoms with E-state index in [0.717, 1.165) is 10.7 Å². The van der Waals surface area contributed by atoms with E-state index in [2.05, 4.69) is 4.98 Å². The van der Waals surface area contributed by atoms with Crippen LogP contribution in [0.2, 0.25) is 0 Å². The van der Waals surface area contributed by atoms with Crippen LogP contribution in [0.25, 0.3) is 0 Å². The molecule has 4 nitrogen and oxygen atoms in total. The van der Waals surface area contributed by atoms with Gasteiger partial charge in [-0.3, -0.25) is 4.79 Å². The minimum atomic E-state index is -0.239. The second-order valence-electron chi connectivity index (χ2n) is 2.42. The number of ether oxygens (including phenoxy) is 1. The Bertz CT molecular complexity index is 294. The lowest BCUT2D eigenvalue weighted by Crippen LogP contribution is -2.08. The number of carbonyl (C=O) groups excluding carboxylic acids is 1. The van der Waals surface area contributed by atoms with E-state index in [9.17, 15) is 4.79 Å². The molecule has 88 valence electrons. The molecule has 0 saturated carbocycles. The molecule has 0 bridgehead atoms. The zero-order valence-corrected chi connectivity index (χ0v) is 10.7. The monoisotopic (exact) mass is 272 g/mol. The van der Waals surface area contributed by atoms with Crippen LogP contribution in [0, 0.1) is 0 Å². The summed E-state index contributed by atoms with van der Waals surface area (Å²) in [5.41, 5.74) is 6.12. The molecule has 0 spiro atoms. The first-order valence-electron chi connectivity index (χ1n) is 4.05. The number of hydrogen-bond donors (Lipinski definition) is 1. The van der Waals surface area contributed by atoms with Gasteiger partial charge in [0.1, 0.15) is 5.01 Å². The number of halogens is 2. The fourth-order valence-corrected chi connectivity index (χ4v) is 1.56. The van der Waals surface area contributed by atoms with E-state index < -0.39 is 0 Å². The number of thiazole rings is 1. The summed E-state index contributed by atoms with van der Waals surface area (Å²) in [5, 5.41) is 2.68. The molecule has 0 fully saturated rings. The van der Waals surface area contributed by atoms with E-state index in [1.165, 1.54) is 11.3 Å². The molecule has 1 heterocycles. The van der Waals surface area contributed by atoms with E-state index in [0.29, 0.717) is 13.2 Å². The van der Waals surface area contributed by atoms with Gasteiger partial charge < -0.3 is 10.5 Å². The van der Waals surface area contributed by atoms with Crippen molar-refractivity contribution in [1.82, 2.24) is 4.98 Å². The zero-order valence-electron chi connectivity index (χ0n) is 8.26. The summed E-state index contributed by atoms with van der Waals surface area (Å²) < 4.78 is 4.78. The molecule has 1 aromatic rings. The summed E-state index contributed by atoms with van der Waals surface area (Å²) in [4.78, 5) is 15.2. The molecule has 0 radical (unpaired) electrons. The van der Waals surface area contributed by atoms with Gasteiger partial charge in [-0.15, -0.1) is 36.2 Å². The second-order valence-corrected chi connectivity index (χ2v) is 3.36. The fraction of sp³-hybridized carbons (Fsp3) is 0.500. The highest BCUT2D eigenvalue weighted by atomic mass is 35.5. The van der Waals surface area contributed by atoms with Crippen LogP contribution >= 0.6 is 36.2 Å². The largest absolute Gasteiger partial charge is 0.466 e. The molecule has 7 heteroatoms. The molecule has 15 heavy (non-hydrogen) atoms. The summed E-state index contributed by atoms with van der Waals surface area (Å²) in [5.74, 6) is -0.239. The van der Waals surface area contributed by atoms with Gasteiger partial charge in [0.2, 0.25) is 0 Å². The Balaban J connectivity index is 0. The molecule has 1 aromatic heterocycles. The van der Waals surface area contributed by atoms with Gasteiger partial charge in [-0.2, -0.15) is 0 Å². The van der Waals surface area contributed by atoms with Gasteiger partial charge in [0.25, 0.3) is 0 Å². The summed E-state index contributed by atoms with van der Waals surface area (Å²) in [6.07, 6.45) is 0.240. The number of aromatic nitrogens is 1. The first-order chi connectivity index (χ1) is 6.26. The maximum absolute atomic E-state index is 11.0. The highest BCUT2D eigenvalue weighted by Crippen LogP contribution is 2.09. The van der Waals surface area contributed by atoms with Crippen LogP contribution in [-0.2, 0) is 22.5 Å². The fourth-order valence-electron chi connectivity index (χ4n) is 0.884. The quantitative estimate of drug-likeness (QED) is 0.845. The van der Waals surface area contributed by atoms with Crippen LogP contribution in [0.4, 0.5) is 0 Å². The average Bonchev–Trinajstić information content (AvgIpc) is 2.52. The van der Waals surface area contributed by atoms with Crippen molar-refractivity contribution in [3.8, 4) is 0 Å². The smallest absolute Gasteiger partial charge is 0.311 e. The number of rotatable bonds is 4. The molecule has 0 aliphatic carbocycles. The molecule has 2 N–H and O–H groups in total. The van der Waals surface area contributed by atoms with Crippen molar-refractivity contribution < 1.29 is 9.53 Å². The maximum atomic E-state index is 11.0. The van der Waals surface area contributed by atoms with Gasteiger partial charge in [0.05, 0.1) is 18.7 Å². The van der Waals surface area contributed by atoms with Crippen molar-refractivity contribution in [2.75, 3.05) is 6.61 Å². The first kappa shape index (κ1) is 17.0. The van der Waals surface area contributed by atoms with Crippen molar-refractivity contribution in [3.63, 3.8) is 0 Å².